The van der Waals surface area contributed by atoms with E-state index in [9.17, 15) is 9.59 Å². The maximum atomic E-state index is 11.2. The minimum absolute atomic E-state index is 0.325. The predicted molar refractivity (Wildman–Crippen MR) is 51.1 cm³/mol. The molecule has 0 radical (unpaired) electrons. The number of carbonyl (C=O) groups is 2. The Balaban J connectivity index is 2.59. The van der Waals surface area contributed by atoms with Gasteiger partial charge in [-0.25, -0.2) is 4.98 Å². The maximum absolute atomic E-state index is 11.2. The summed E-state index contributed by atoms with van der Waals surface area (Å²) in [5.41, 5.74) is 5.94. The number of hydrogen-bond acceptors (Lipinski definition) is 4. The minimum atomic E-state index is -0.385. The first-order chi connectivity index (χ1) is 6.11. The largest absolute Gasteiger partial charge is 0.282 e. The molecule has 0 unspecified atom stereocenters. The molecular weight excluding hydrogens is 258 g/mol. The smallest absolute Gasteiger partial charge is 0.274 e. The van der Waals surface area contributed by atoms with Crippen molar-refractivity contribution in [1.29, 1.82) is 0 Å². The molecule has 0 aliphatic heterocycles. The van der Waals surface area contributed by atoms with Gasteiger partial charge in [0, 0.05) is 6.92 Å². The van der Waals surface area contributed by atoms with Crippen molar-refractivity contribution in [3.05, 3.63) is 15.0 Å². The van der Waals surface area contributed by atoms with Gasteiger partial charge in [0.15, 0.2) is 0 Å². The van der Waals surface area contributed by atoms with Gasteiger partial charge in [-0.15, -0.1) is 11.3 Å². The lowest BCUT2D eigenvalue weighted by atomic mass is 10.5. The van der Waals surface area contributed by atoms with E-state index in [2.05, 4.69) is 31.8 Å². The number of nitrogens with zero attached hydrogens (tertiary/aromatic N) is 1. The van der Waals surface area contributed by atoms with Gasteiger partial charge in [0.1, 0.15) is 9.48 Å². The summed E-state index contributed by atoms with van der Waals surface area (Å²) in [6.45, 7) is 1.31. The molecule has 0 aliphatic carbocycles. The third kappa shape index (κ3) is 2.78. The van der Waals surface area contributed by atoms with Gasteiger partial charge in [-0.05, 0) is 15.9 Å². The molecule has 1 aromatic heterocycles. The van der Waals surface area contributed by atoms with Gasteiger partial charge in [-0.1, -0.05) is 0 Å². The Bertz CT molecular complexity index is 338. The van der Waals surface area contributed by atoms with Gasteiger partial charge in [0.2, 0.25) is 5.91 Å². The molecule has 5 nitrogen and oxygen atoms in total. The highest BCUT2D eigenvalue weighted by atomic mass is 79.9. The lowest BCUT2D eigenvalue weighted by Gasteiger charge is -2.02. The highest BCUT2D eigenvalue weighted by Crippen LogP contribution is 2.18. The number of carbonyl (C=O) groups excluding carboxylic acids is 2. The Kier molecular flexibility index (Phi) is 3.38. The maximum Gasteiger partial charge on any atom is 0.282 e. The molecule has 1 aromatic rings. The first-order valence-electron chi connectivity index (χ1n) is 3.27. The van der Waals surface area contributed by atoms with Crippen molar-refractivity contribution >= 4 is 39.1 Å². The summed E-state index contributed by atoms with van der Waals surface area (Å²) in [5.74, 6) is -0.710. The summed E-state index contributed by atoms with van der Waals surface area (Å²) in [7, 11) is 0. The zero-order valence-electron chi connectivity index (χ0n) is 6.63. The standard InChI is InChI=1S/C6H6BrN3O2S/c1-3(11)9-10-6(12)4-5(7)8-2-13-4/h2H,1H3,(H,9,11)(H,10,12). The third-order valence-electron chi connectivity index (χ3n) is 1.08. The van der Waals surface area contributed by atoms with E-state index in [0.717, 1.165) is 0 Å². The zero-order valence-corrected chi connectivity index (χ0v) is 9.03. The fourth-order valence-electron chi connectivity index (χ4n) is 0.581. The van der Waals surface area contributed by atoms with Gasteiger partial charge in [0.25, 0.3) is 5.91 Å². The number of hydrazine groups is 1. The summed E-state index contributed by atoms with van der Waals surface area (Å²) < 4.78 is 0.473. The number of hydrogen-bond donors (Lipinski definition) is 2. The Morgan fingerprint density at radius 3 is 2.69 bits per heavy atom. The van der Waals surface area contributed by atoms with Gasteiger partial charge in [0.05, 0.1) is 5.51 Å². The summed E-state index contributed by atoms with van der Waals surface area (Å²) in [6.07, 6.45) is 0. The van der Waals surface area contributed by atoms with E-state index in [-0.39, 0.29) is 11.8 Å². The summed E-state index contributed by atoms with van der Waals surface area (Å²) in [5, 5.41) is 0. The van der Waals surface area contributed by atoms with Crippen LogP contribution < -0.4 is 10.9 Å². The van der Waals surface area contributed by atoms with Crippen molar-refractivity contribution in [2.45, 2.75) is 6.92 Å². The van der Waals surface area contributed by atoms with Gasteiger partial charge < -0.3 is 0 Å². The molecule has 1 rings (SSSR count). The number of halogens is 1. The van der Waals surface area contributed by atoms with Crippen LogP contribution in [-0.4, -0.2) is 16.8 Å². The SMILES string of the molecule is CC(=O)NNC(=O)c1scnc1Br. The molecule has 70 valence electrons. The molecular formula is C6H6BrN3O2S. The van der Waals surface area contributed by atoms with Gasteiger partial charge in [-0.2, -0.15) is 0 Å². The molecule has 0 saturated carbocycles. The van der Waals surface area contributed by atoms with Gasteiger partial charge in [-0.3, -0.25) is 20.4 Å². The molecule has 0 saturated heterocycles. The van der Waals surface area contributed by atoms with Crippen molar-refractivity contribution in [3.63, 3.8) is 0 Å². The van der Waals surface area contributed by atoms with Crippen LogP contribution in [0.4, 0.5) is 0 Å². The van der Waals surface area contributed by atoms with E-state index in [1.165, 1.54) is 23.8 Å². The summed E-state index contributed by atoms with van der Waals surface area (Å²) in [4.78, 5) is 25.9. The zero-order chi connectivity index (χ0) is 9.84. The average Bonchev–Trinajstić information content (AvgIpc) is 2.47. The van der Waals surface area contributed by atoms with Crippen LogP contribution in [0.25, 0.3) is 0 Å². The first kappa shape index (κ1) is 10.1. The van der Waals surface area contributed by atoms with Gasteiger partial charge >= 0.3 is 0 Å². The molecule has 13 heavy (non-hydrogen) atoms. The van der Waals surface area contributed by atoms with Crippen LogP contribution in [0.1, 0.15) is 16.6 Å². The normalized spacial score (nSPS) is 9.38. The Morgan fingerprint density at radius 1 is 1.54 bits per heavy atom. The van der Waals surface area contributed by atoms with E-state index in [1.807, 2.05) is 0 Å². The van der Waals surface area contributed by atoms with Crippen LogP contribution in [0, 0.1) is 0 Å². The number of thiazole rings is 1. The van der Waals surface area contributed by atoms with E-state index in [0.29, 0.717) is 9.48 Å². The number of amides is 2. The van der Waals surface area contributed by atoms with Crippen LogP contribution in [-0.2, 0) is 4.79 Å². The molecule has 2 amide bonds. The first-order valence-corrected chi connectivity index (χ1v) is 4.94. The molecule has 0 bridgehead atoms. The fourth-order valence-corrected chi connectivity index (χ4v) is 1.85. The van der Waals surface area contributed by atoms with E-state index in [4.69, 9.17) is 0 Å². The Labute approximate surface area is 86.6 Å². The summed E-state index contributed by atoms with van der Waals surface area (Å²) in [6, 6.07) is 0. The van der Waals surface area contributed by atoms with Crippen LogP contribution in [0.2, 0.25) is 0 Å². The van der Waals surface area contributed by atoms with Crippen molar-refractivity contribution in [1.82, 2.24) is 15.8 Å². The average molecular weight is 264 g/mol. The molecule has 0 aromatic carbocycles. The van der Waals surface area contributed by atoms with Crippen molar-refractivity contribution in [2.75, 3.05) is 0 Å². The monoisotopic (exact) mass is 263 g/mol. The quantitative estimate of drug-likeness (QED) is 0.733. The van der Waals surface area contributed by atoms with E-state index < -0.39 is 0 Å². The topological polar surface area (TPSA) is 71.1 Å². The molecule has 0 aliphatic rings. The second-order valence-electron chi connectivity index (χ2n) is 2.11. The molecule has 2 N–H and O–H groups in total. The number of aromatic nitrogens is 1. The third-order valence-corrected chi connectivity index (χ3v) is 2.77. The Hall–Kier alpha value is -0.950. The van der Waals surface area contributed by atoms with Crippen LogP contribution >= 0.6 is 27.3 Å². The second kappa shape index (κ2) is 4.33. The molecule has 1 heterocycles. The number of nitrogens with one attached hydrogen (secondary N) is 2. The minimum Gasteiger partial charge on any atom is -0.274 e. The van der Waals surface area contributed by atoms with Crippen molar-refractivity contribution in [2.24, 2.45) is 0 Å². The second-order valence-corrected chi connectivity index (χ2v) is 3.71. The molecule has 7 heteroatoms. The molecule has 0 fully saturated rings. The summed E-state index contributed by atoms with van der Waals surface area (Å²) >= 11 is 4.29. The predicted octanol–water partition coefficient (Wildman–Crippen LogP) is 0.687. The van der Waals surface area contributed by atoms with E-state index >= 15 is 0 Å². The van der Waals surface area contributed by atoms with Crippen LogP contribution in [0.5, 0.6) is 0 Å². The van der Waals surface area contributed by atoms with Crippen LogP contribution in [0.15, 0.2) is 10.1 Å². The van der Waals surface area contributed by atoms with E-state index in [1.54, 1.807) is 0 Å². The van der Waals surface area contributed by atoms with Crippen LogP contribution in [0.3, 0.4) is 0 Å². The number of rotatable bonds is 1. The Morgan fingerprint density at radius 2 is 2.23 bits per heavy atom. The molecule has 0 spiro atoms. The fraction of sp³-hybridized carbons (Fsp3) is 0.167. The lowest BCUT2D eigenvalue weighted by molar-refractivity contribution is -0.119. The van der Waals surface area contributed by atoms with Crippen molar-refractivity contribution in [3.8, 4) is 0 Å². The lowest BCUT2D eigenvalue weighted by Crippen LogP contribution is -2.40. The molecule has 0 atom stereocenters. The van der Waals surface area contributed by atoms with Crippen molar-refractivity contribution < 1.29 is 9.59 Å². The highest BCUT2D eigenvalue weighted by molar-refractivity contribution is 9.10. The highest BCUT2D eigenvalue weighted by Gasteiger charge is 2.12.